The average molecular weight is 285 g/mol. The summed E-state index contributed by atoms with van der Waals surface area (Å²) in [6.45, 7) is 8.67. The predicted molar refractivity (Wildman–Crippen MR) is 89.3 cm³/mol. The molecule has 2 rings (SSSR count). The van der Waals surface area contributed by atoms with E-state index < -0.39 is 0 Å². The molecule has 0 amide bonds. The predicted octanol–water partition coefficient (Wildman–Crippen LogP) is 4.68. The van der Waals surface area contributed by atoms with Crippen molar-refractivity contribution in [2.24, 2.45) is 17.3 Å². The van der Waals surface area contributed by atoms with Crippen LogP contribution in [0.15, 0.2) is 42.5 Å². The molecule has 1 N–H and O–H groups in total. The molecular weight excluding hydrogens is 258 g/mol. The molecule has 21 heavy (non-hydrogen) atoms. The largest absolute Gasteiger partial charge is 0.382 e. The molecule has 2 heteroatoms. The molecule has 0 spiro atoms. The summed E-state index contributed by atoms with van der Waals surface area (Å²) in [4.78, 5) is 12.8. The lowest BCUT2D eigenvalue weighted by atomic mass is 9.65. The molecule has 0 aliphatic heterocycles. The minimum atomic E-state index is 0.0672. The van der Waals surface area contributed by atoms with Gasteiger partial charge in [0.15, 0.2) is 0 Å². The number of benzene rings is 1. The van der Waals surface area contributed by atoms with Gasteiger partial charge in [0.25, 0.3) is 0 Å². The molecule has 0 unspecified atom stereocenters. The van der Waals surface area contributed by atoms with E-state index in [1.165, 1.54) is 0 Å². The van der Waals surface area contributed by atoms with Crippen LogP contribution in [0.5, 0.6) is 0 Å². The minimum absolute atomic E-state index is 0.0672. The molecule has 0 radical (unpaired) electrons. The van der Waals surface area contributed by atoms with Crippen molar-refractivity contribution in [3.63, 3.8) is 0 Å². The first-order valence-corrected chi connectivity index (χ1v) is 7.91. The van der Waals surface area contributed by atoms with E-state index in [2.05, 4.69) is 45.2 Å². The summed E-state index contributed by atoms with van der Waals surface area (Å²) in [5.41, 5.74) is 1.14. The SMILES string of the molecule is C[C@H](CC(=O)[C@@H]1[C@H](C)C=CCC1(C)C)Nc1ccccc1. The molecule has 0 aromatic heterocycles. The number of hydrogen-bond acceptors (Lipinski definition) is 2. The maximum Gasteiger partial charge on any atom is 0.139 e. The van der Waals surface area contributed by atoms with Crippen molar-refractivity contribution in [2.45, 2.75) is 46.6 Å². The molecule has 1 aromatic rings. The van der Waals surface area contributed by atoms with Crippen LogP contribution >= 0.6 is 0 Å². The zero-order valence-electron chi connectivity index (χ0n) is 13.6. The van der Waals surface area contributed by atoms with Crippen molar-refractivity contribution in [1.29, 1.82) is 0 Å². The van der Waals surface area contributed by atoms with Crippen LogP contribution in [0.1, 0.15) is 40.5 Å². The Morgan fingerprint density at radius 2 is 2.00 bits per heavy atom. The van der Waals surface area contributed by atoms with Crippen molar-refractivity contribution in [1.82, 2.24) is 0 Å². The highest BCUT2D eigenvalue weighted by molar-refractivity contribution is 5.83. The molecule has 0 saturated heterocycles. The fourth-order valence-electron chi connectivity index (χ4n) is 3.56. The molecule has 0 fully saturated rings. The number of anilines is 1. The smallest absolute Gasteiger partial charge is 0.139 e. The van der Waals surface area contributed by atoms with Crippen LogP contribution in [0.4, 0.5) is 5.69 Å². The highest BCUT2D eigenvalue weighted by Gasteiger charge is 2.39. The second kappa shape index (κ2) is 6.46. The number of allylic oxidation sites excluding steroid dienone is 2. The number of nitrogens with one attached hydrogen (secondary N) is 1. The van der Waals surface area contributed by atoms with Crippen LogP contribution < -0.4 is 5.32 Å². The second-order valence-corrected chi connectivity index (χ2v) is 7.04. The summed E-state index contributed by atoms with van der Waals surface area (Å²) in [6.07, 6.45) is 6.00. The Bertz CT molecular complexity index is 504. The third-order valence-corrected chi connectivity index (χ3v) is 4.49. The highest BCUT2D eigenvalue weighted by Crippen LogP contribution is 2.41. The van der Waals surface area contributed by atoms with Crippen LogP contribution in [0.2, 0.25) is 0 Å². The van der Waals surface area contributed by atoms with Gasteiger partial charge in [-0.1, -0.05) is 51.1 Å². The topological polar surface area (TPSA) is 29.1 Å². The van der Waals surface area contributed by atoms with Crippen LogP contribution in [0, 0.1) is 17.3 Å². The standard InChI is InChI=1S/C19H27NO/c1-14-9-8-12-19(3,4)18(14)17(21)13-15(2)20-16-10-6-5-7-11-16/h5-11,14-15,18,20H,12-13H2,1-4H3/t14-,15-,18+/m1/s1. The highest BCUT2D eigenvalue weighted by atomic mass is 16.1. The number of carbonyl (C=O) groups is 1. The molecular formula is C19H27NO. The lowest BCUT2D eigenvalue weighted by Gasteiger charge is -2.39. The van der Waals surface area contributed by atoms with E-state index >= 15 is 0 Å². The van der Waals surface area contributed by atoms with Crippen molar-refractivity contribution in [2.75, 3.05) is 5.32 Å². The number of ketones is 1. The molecule has 2 nitrogen and oxygen atoms in total. The van der Waals surface area contributed by atoms with E-state index in [-0.39, 0.29) is 17.4 Å². The molecule has 0 saturated carbocycles. The first kappa shape index (κ1) is 15.8. The molecule has 114 valence electrons. The molecule has 0 bridgehead atoms. The summed E-state index contributed by atoms with van der Waals surface area (Å²) in [6, 6.07) is 10.3. The van der Waals surface area contributed by atoms with Crippen molar-refractivity contribution in [3.8, 4) is 0 Å². The lowest BCUT2D eigenvalue weighted by molar-refractivity contribution is -0.128. The van der Waals surface area contributed by atoms with Crippen LogP contribution in [0.25, 0.3) is 0 Å². The Labute approximate surface area is 128 Å². The maximum atomic E-state index is 12.8. The van der Waals surface area contributed by atoms with Gasteiger partial charge in [0.05, 0.1) is 0 Å². The maximum absolute atomic E-state index is 12.8. The summed E-state index contributed by atoms with van der Waals surface area (Å²) in [7, 11) is 0. The van der Waals surface area contributed by atoms with Gasteiger partial charge in [-0.2, -0.15) is 0 Å². The van der Waals surface area contributed by atoms with Gasteiger partial charge in [-0.25, -0.2) is 0 Å². The molecule has 1 aromatic carbocycles. The lowest BCUT2D eigenvalue weighted by Crippen LogP contribution is -2.39. The van der Waals surface area contributed by atoms with Crippen molar-refractivity contribution >= 4 is 11.5 Å². The van der Waals surface area contributed by atoms with Crippen molar-refractivity contribution in [3.05, 3.63) is 42.5 Å². The number of rotatable bonds is 5. The third-order valence-electron chi connectivity index (χ3n) is 4.49. The molecule has 1 aliphatic carbocycles. The summed E-state index contributed by atoms with van der Waals surface area (Å²) in [5, 5.41) is 3.42. The van der Waals surface area contributed by atoms with Crippen LogP contribution in [0.3, 0.4) is 0 Å². The van der Waals surface area contributed by atoms with Gasteiger partial charge >= 0.3 is 0 Å². The second-order valence-electron chi connectivity index (χ2n) is 7.04. The third kappa shape index (κ3) is 3.96. The zero-order chi connectivity index (χ0) is 15.5. The number of Topliss-reactive ketones (excluding diaryl/α,β-unsaturated/α-hetero) is 1. The Morgan fingerprint density at radius 3 is 2.62 bits per heavy atom. The Hall–Kier alpha value is -1.57. The van der Waals surface area contributed by atoms with Crippen molar-refractivity contribution < 1.29 is 4.79 Å². The monoisotopic (exact) mass is 285 g/mol. The van der Waals surface area contributed by atoms with E-state index in [1.807, 2.05) is 30.3 Å². The molecule has 3 atom stereocenters. The Morgan fingerprint density at radius 1 is 1.33 bits per heavy atom. The van der Waals surface area contributed by atoms with E-state index in [9.17, 15) is 4.79 Å². The first-order valence-electron chi connectivity index (χ1n) is 7.91. The number of hydrogen-bond donors (Lipinski definition) is 1. The fraction of sp³-hybridized carbons (Fsp3) is 0.526. The van der Waals surface area contributed by atoms with Gasteiger partial charge in [-0.3, -0.25) is 4.79 Å². The fourth-order valence-corrected chi connectivity index (χ4v) is 3.56. The van der Waals surface area contributed by atoms with E-state index in [4.69, 9.17) is 0 Å². The van der Waals surface area contributed by atoms with Crippen LogP contribution in [-0.2, 0) is 4.79 Å². The Kier molecular flexibility index (Phi) is 4.87. The Balaban J connectivity index is 1.99. The number of para-hydroxylation sites is 1. The minimum Gasteiger partial charge on any atom is -0.382 e. The number of carbonyl (C=O) groups excluding carboxylic acids is 1. The summed E-state index contributed by atoms with van der Waals surface area (Å²) >= 11 is 0. The molecule has 1 aliphatic rings. The normalized spacial score (nSPS) is 25.3. The van der Waals surface area contributed by atoms with E-state index in [0.717, 1.165) is 12.1 Å². The van der Waals surface area contributed by atoms with Crippen LogP contribution in [-0.4, -0.2) is 11.8 Å². The quantitative estimate of drug-likeness (QED) is 0.796. The van der Waals surface area contributed by atoms with Gasteiger partial charge in [0, 0.05) is 24.1 Å². The van der Waals surface area contributed by atoms with Gasteiger partial charge in [0.1, 0.15) is 5.78 Å². The first-order chi connectivity index (χ1) is 9.90. The van der Waals surface area contributed by atoms with Gasteiger partial charge in [-0.05, 0) is 36.8 Å². The van der Waals surface area contributed by atoms with Gasteiger partial charge < -0.3 is 5.32 Å². The summed E-state index contributed by atoms with van der Waals surface area (Å²) in [5.74, 6) is 0.848. The average Bonchev–Trinajstić information content (AvgIpc) is 2.38. The van der Waals surface area contributed by atoms with Gasteiger partial charge in [0.2, 0.25) is 0 Å². The molecule has 0 heterocycles. The zero-order valence-corrected chi connectivity index (χ0v) is 13.6. The van der Waals surface area contributed by atoms with Gasteiger partial charge in [-0.15, -0.1) is 0 Å². The van der Waals surface area contributed by atoms with E-state index in [1.54, 1.807) is 0 Å². The summed E-state index contributed by atoms with van der Waals surface area (Å²) < 4.78 is 0. The van der Waals surface area contributed by atoms with E-state index in [0.29, 0.717) is 18.1 Å².